The lowest BCUT2D eigenvalue weighted by Gasteiger charge is -2.05. The summed E-state index contributed by atoms with van der Waals surface area (Å²) in [5.74, 6) is -0.930. The highest BCUT2D eigenvalue weighted by Gasteiger charge is 2.11. The van der Waals surface area contributed by atoms with Crippen LogP contribution in [-0.4, -0.2) is 25.8 Å². The lowest BCUT2D eigenvalue weighted by atomic mass is 10.2. The molecule has 2 heterocycles. The maximum Gasteiger partial charge on any atom is 0.335 e. The number of nitrogens with zero attached hydrogens (tertiary/aromatic N) is 3. The molecule has 0 bridgehead atoms. The Kier molecular flexibility index (Phi) is 3.90. The molecule has 0 atom stereocenters. The zero-order valence-electron chi connectivity index (χ0n) is 11.0. The number of rotatable bonds is 4. The third-order valence-electron chi connectivity index (χ3n) is 2.63. The predicted molar refractivity (Wildman–Crippen MR) is 72.6 cm³/mol. The van der Waals surface area contributed by atoms with Crippen molar-refractivity contribution in [1.29, 1.82) is 0 Å². The summed E-state index contributed by atoms with van der Waals surface area (Å²) < 4.78 is 1.76. The summed E-state index contributed by atoms with van der Waals surface area (Å²) in [5.41, 5.74) is 1.98. The molecule has 0 amide bonds. The summed E-state index contributed by atoms with van der Waals surface area (Å²) in [7, 11) is 1.86. The Hall–Kier alpha value is -1.82. The highest BCUT2D eigenvalue weighted by atomic mass is 32.2. The average Bonchev–Trinajstić information content (AvgIpc) is 2.67. The Morgan fingerprint density at radius 3 is 2.68 bits per heavy atom. The number of carboxylic acid groups (broad SMARTS) is 1. The average molecular weight is 277 g/mol. The van der Waals surface area contributed by atoms with Crippen LogP contribution in [0.1, 0.15) is 28.7 Å². The minimum absolute atomic E-state index is 0.272. The maximum atomic E-state index is 11.1. The Morgan fingerprint density at radius 2 is 2.16 bits per heavy atom. The van der Waals surface area contributed by atoms with Crippen LogP contribution in [0.5, 0.6) is 0 Å². The molecule has 0 aliphatic rings. The summed E-state index contributed by atoms with van der Waals surface area (Å²) >= 11 is 1.42. The Morgan fingerprint density at radius 1 is 1.42 bits per heavy atom. The normalized spacial score (nSPS) is 10.7. The Labute approximate surface area is 115 Å². The van der Waals surface area contributed by atoms with Crippen molar-refractivity contribution in [2.45, 2.75) is 30.3 Å². The van der Waals surface area contributed by atoms with E-state index in [1.54, 1.807) is 16.8 Å². The van der Waals surface area contributed by atoms with Crippen molar-refractivity contribution in [3.63, 3.8) is 0 Å². The van der Waals surface area contributed by atoms with Gasteiger partial charge in [-0.1, -0.05) is 18.7 Å². The SMILES string of the molecule is CCc1cc(C(=O)O)cc(Sc2cc(C)nn2C)n1. The van der Waals surface area contributed by atoms with Gasteiger partial charge in [0.25, 0.3) is 0 Å². The first-order valence-electron chi connectivity index (χ1n) is 5.92. The third kappa shape index (κ3) is 3.14. The number of hydrogen-bond donors (Lipinski definition) is 1. The number of aromatic carboxylic acids is 1. The first-order chi connectivity index (χ1) is 8.99. The largest absolute Gasteiger partial charge is 0.478 e. The molecule has 0 aliphatic heterocycles. The molecular formula is C13H15N3O2S. The van der Waals surface area contributed by atoms with Gasteiger partial charge < -0.3 is 5.11 Å². The molecule has 5 nitrogen and oxygen atoms in total. The molecule has 100 valence electrons. The zero-order chi connectivity index (χ0) is 14.0. The molecule has 0 spiro atoms. The fourth-order valence-corrected chi connectivity index (χ4v) is 2.67. The van der Waals surface area contributed by atoms with E-state index in [2.05, 4.69) is 10.1 Å². The van der Waals surface area contributed by atoms with Gasteiger partial charge in [-0.05, 0) is 31.5 Å². The van der Waals surface area contributed by atoms with Gasteiger partial charge in [0.15, 0.2) is 0 Å². The summed E-state index contributed by atoms with van der Waals surface area (Å²) in [4.78, 5) is 15.5. The van der Waals surface area contributed by atoms with Gasteiger partial charge in [-0.2, -0.15) is 5.10 Å². The zero-order valence-corrected chi connectivity index (χ0v) is 11.9. The molecule has 2 aromatic rings. The minimum atomic E-state index is -0.930. The van der Waals surface area contributed by atoms with Crippen molar-refractivity contribution in [2.75, 3.05) is 0 Å². The molecule has 0 unspecified atom stereocenters. The molecule has 2 rings (SSSR count). The van der Waals surface area contributed by atoms with Crippen LogP contribution < -0.4 is 0 Å². The van der Waals surface area contributed by atoms with Gasteiger partial charge in [-0.15, -0.1) is 0 Å². The lowest BCUT2D eigenvalue weighted by molar-refractivity contribution is 0.0696. The van der Waals surface area contributed by atoms with Crippen molar-refractivity contribution in [3.05, 3.63) is 35.2 Å². The monoisotopic (exact) mass is 277 g/mol. The molecule has 0 saturated carbocycles. The summed E-state index contributed by atoms with van der Waals surface area (Å²) in [6.45, 7) is 3.87. The second-order valence-corrected chi connectivity index (χ2v) is 5.23. The van der Waals surface area contributed by atoms with Crippen molar-refractivity contribution in [1.82, 2.24) is 14.8 Å². The van der Waals surface area contributed by atoms with E-state index in [0.29, 0.717) is 11.4 Å². The van der Waals surface area contributed by atoms with E-state index >= 15 is 0 Å². The minimum Gasteiger partial charge on any atom is -0.478 e. The van der Waals surface area contributed by atoms with Crippen LogP contribution in [0.25, 0.3) is 0 Å². The highest BCUT2D eigenvalue weighted by molar-refractivity contribution is 7.99. The van der Waals surface area contributed by atoms with E-state index in [1.165, 1.54) is 11.8 Å². The van der Waals surface area contributed by atoms with Crippen molar-refractivity contribution in [2.24, 2.45) is 7.05 Å². The summed E-state index contributed by atoms with van der Waals surface area (Å²) in [6.07, 6.45) is 0.707. The fraction of sp³-hybridized carbons (Fsp3) is 0.308. The Balaban J connectivity index is 2.36. The quantitative estimate of drug-likeness (QED) is 0.930. The van der Waals surface area contributed by atoms with Gasteiger partial charge in [0.05, 0.1) is 11.3 Å². The van der Waals surface area contributed by atoms with E-state index in [9.17, 15) is 4.79 Å². The Bertz CT molecular complexity index is 622. The van der Waals surface area contributed by atoms with Crippen LogP contribution in [-0.2, 0) is 13.5 Å². The molecule has 2 aromatic heterocycles. The summed E-state index contributed by atoms with van der Waals surface area (Å²) in [6, 6.07) is 5.15. The topological polar surface area (TPSA) is 68.0 Å². The smallest absolute Gasteiger partial charge is 0.335 e. The molecule has 0 aliphatic carbocycles. The number of pyridine rings is 1. The first-order valence-corrected chi connectivity index (χ1v) is 6.74. The number of hydrogen-bond acceptors (Lipinski definition) is 4. The van der Waals surface area contributed by atoms with Gasteiger partial charge in [0.2, 0.25) is 0 Å². The second kappa shape index (κ2) is 5.44. The highest BCUT2D eigenvalue weighted by Crippen LogP contribution is 2.27. The predicted octanol–water partition coefficient (Wildman–Crippen LogP) is 2.54. The van der Waals surface area contributed by atoms with Crippen LogP contribution in [0.4, 0.5) is 0 Å². The van der Waals surface area contributed by atoms with Gasteiger partial charge in [0, 0.05) is 12.7 Å². The molecule has 19 heavy (non-hydrogen) atoms. The van der Waals surface area contributed by atoms with Gasteiger partial charge in [-0.25, -0.2) is 9.78 Å². The van der Waals surface area contributed by atoms with Gasteiger partial charge in [-0.3, -0.25) is 4.68 Å². The molecule has 0 radical (unpaired) electrons. The molecule has 0 aromatic carbocycles. The van der Waals surface area contributed by atoms with E-state index in [0.717, 1.165) is 16.4 Å². The maximum absolute atomic E-state index is 11.1. The number of carboxylic acids is 1. The number of aromatic nitrogens is 3. The van der Waals surface area contributed by atoms with E-state index in [1.807, 2.05) is 27.0 Å². The van der Waals surface area contributed by atoms with Crippen LogP contribution in [0.3, 0.4) is 0 Å². The number of aryl methyl sites for hydroxylation is 3. The molecule has 1 N–H and O–H groups in total. The molecule has 0 saturated heterocycles. The third-order valence-corrected chi connectivity index (χ3v) is 3.64. The van der Waals surface area contributed by atoms with Gasteiger partial charge >= 0.3 is 5.97 Å². The van der Waals surface area contributed by atoms with Crippen molar-refractivity contribution >= 4 is 17.7 Å². The van der Waals surface area contributed by atoms with Crippen molar-refractivity contribution in [3.8, 4) is 0 Å². The first kappa shape index (κ1) is 13.6. The molecule has 0 fully saturated rings. The van der Waals surface area contributed by atoms with E-state index in [-0.39, 0.29) is 5.56 Å². The van der Waals surface area contributed by atoms with Crippen LogP contribution in [0.15, 0.2) is 28.3 Å². The summed E-state index contributed by atoms with van der Waals surface area (Å²) in [5, 5.41) is 15.0. The lowest BCUT2D eigenvalue weighted by Crippen LogP contribution is -2.01. The molecular weight excluding hydrogens is 262 g/mol. The van der Waals surface area contributed by atoms with E-state index in [4.69, 9.17) is 5.11 Å². The standard InChI is InChI=1S/C13H15N3O2S/c1-4-10-6-9(13(17)18)7-11(14-10)19-12-5-8(2)15-16(12)3/h5-7H,4H2,1-3H3,(H,17,18). The van der Waals surface area contributed by atoms with Crippen LogP contribution in [0, 0.1) is 6.92 Å². The van der Waals surface area contributed by atoms with Crippen LogP contribution >= 0.6 is 11.8 Å². The van der Waals surface area contributed by atoms with Crippen LogP contribution in [0.2, 0.25) is 0 Å². The van der Waals surface area contributed by atoms with E-state index < -0.39 is 5.97 Å². The van der Waals surface area contributed by atoms with Crippen molar-refractivity contribution < 1.29 is 9.90 Å². The molecule has 6 heteroatoms. The fourth-order valence-electron chi connectivity index (χ4n) is 1.71. The second-order valence-electron chi connectivity index (χ2n) is 4.19. The van der Waals surface area contributed by atoms with Gasteiger partial charge in [0.1, 0.15) is 10.1 Å². The number of carbonyl (C=O) groups is 1.